The Hall–Kier alpha value is -2.57. The molecule has 10 nitrogen and oxygen atoms in total. The van der Waals surface area contributed by atoms with Crippen LogP contribution in [0.5, 0.6) is 11.5 Å². The molecule has 1 unspecified atom stereocenters. The predicted molar refractivity (Wildman–Crippen MR) is 121 cm³/mol. The maximum Gasteiger partial charge on any atom is 0.208 e. The normalized spacial score (nSPS) is 15.1. The van der Waals surface area contributed by atoms with Crippen molar-refractivity contribution in [1.29, 1.82) is 5.41 Å². The van der Waals surface area contributed by atoms with Crippen molar-refractivity contribution in [1.82, 2.24) is 24.2 Å². The Morgan fingerprint density at radius 1 is 1.34 bits per heavy atom. The highest BCUT2D eigenvalue weighted by atomic mass is 32.2. The molecule has 1 aliphatic carbocycles. The van der Waals surface area contributed by atoms with Gasteiger partial charge in [0.15, 0.2) is 16.3 Å². The van der Waals surface area contributed by atoms with Crippen molar-refractivity contribution in [3.63, 3.8) is 0 Å². The number of rotatable bonds is 10. The molecule has 0 bridgehead atoms. The third-order valence-corrected chi connectivity index (χ3v) is 6.97. The van der Waals surface area contributed by atoms with Gasteiger partial charge in [-0.25, -0.2) is 23.1 Å². The largest absolute Gasteiger partial charge is 0.497 e. The summed E-state index contributed by atoms with van der Waals surface area (Å²) < 4.78 is 38.8. The van der Waals surface area contributed by atoms with Gasteiger partial charge < -0.3 is 19.0 Å². The van der Waals surface area contributed by atoms with Crippen molar-refractivity contribution in [3.8, 4) is 11.5 Å². The molecule has 0 amide bonds. The fraction of sp³-hybridized carbons (Fsp3) is 0.450. The number of ether oxygens (including phenoxy) is 2. The highest BCUT2D eigenvalue weighted by Crippen LogP contribution is 2.37. The first-order valence-electron chi connectivity index (χ1n) is 10.1. The number of fused-ring (bicyclic) bond motifs is 1. The predicted octanol–water partition coefficient (Wildman–Crippen LogP) is 2.13. The number of aryl methyl sites for hydroxylation is 1. The van der Waals surface area contributed by atoms with Crippen molar-refractivity contribution in [2.24, 2.45) is 5.92 Å². The van der Waals surface area contributed by atoms with E-state index in [9.17, 15) is 8.42 Å². The second-order valence-electron chi connectivity index (χ2n) is 7.77. The average molecular weight is 479 g/mol. The first-order valence-corrected chi connectivity index (χ1v) is 12.8. The average Bonchev–Trinajstić information content (AvgIpc) is 3.51. The first kappa shape index (κ1) is 22.6. The van der Waals surface area contributed by atoms with Gasteiger partial charge in [0, 0.05) is 12.6 Å². The molecule has 2 heterocycles. The summed E-state index contributed by atoms with van der Waals surface area (Å²) >= 11 is 1.37. The Morgan fingerprint density at radius 2 is 2.12 bits per heavy atom. The zero-order chi connectivity index (χ0) is 22.9. The number of nitrogens with zero attached hydrogens (tertiary/aromatic N) is 3. The summed E-state index contributed by atoms with van der Waals surface area (Å²) in [6, 6.07) is 5.40. The van der Waals surface area contributed by atoms with Crippen molar-refractivity contribution >= 4 is 32.9 Å². The van der Waals surface area contributed by atoms with E-state index in [4.69, 9.17) is 14.9 Å². The van der Waals surface area contributed by atoms with E-state index >= 15 is 0 Å². The van der Waals surface area contributed by atoms with Gasteiger partial charge in [-0.05, 0) is 55.1 Å². The zero-order valence-electron chi connectivity index (χ0n) is 18.1. The van der Waals surface area contributed by atoms with Crippen molar-refractivity contribution in [3.05, 3.63) is 30.0 Å². The van der Waals surface area contributed by atoms with Crippen LogP contribution in [0.2, 0.25) is 0 Å². The molecule has 1 atom stereocenters. The molecule has 1 fully saturated rings. The summed E-state index contributed by atoms with van der Waals surface area (Å²) in [7, 11) is -0.0716. The molecule has 32 heavy (non-hydrogen) atoms. The van der Waals surface area contributed by atoms with Gasteiger partial charge in [-0.15, -0.1) is 0 Å². The Morgan fingerprint density at radius 3 is 2.78 bits per heavy atom. The van der Waals surface area contributed by atoms with Crippen LogP contribution in [0.1, 0.15) is 19.3 Å². The second kappa shape index (κ2) is 9.12. The molecule has 0 saturated heterocycles. The van der Waals surface area contributed by atoms with Crippen LogP contribution in [0.25, 0.3) is 11.2 Å². The minimum Gasteiger partial charge on any atom is -0.497 e. The molecule has 3 aromatic rings. The summed E-state index contributed by atoms with van der Waals surface area (Å²) in [5.41, 5.74) is 1.22. The van der Waals surface area contributed by atoms with E-state index in [0.29, 0.717) is 46.7 Å². The lowest BCUT2D eigenvalue weighted by molar-refractivity contribution is 0.394. The number of methoxy groups -OCH3 is 2. The van der Waals surface area contributed by atoms with E-state index in [1.807, 2.05) is 22.8 Å². The van der Waals surface area contributed by atoms with Gasteiger partial charge in [0.2, 0.25) is 10.0 Å². The molecule has 1 aliphatic rings. The number of aromatic amines is 1. The molecule has 1 aromatic carbocycles. The summed E-state index contributed by atoms with van der Waals surface area (Å²) in [5.74, 6) is 1.76. The van der Waals surface area contributed by atoms with Crippen LogP contribution in [0.15, 0.2) is 34.6 Å². The highest BCUT2D eigenvalue weighted by molar-refractivity contribution is 7.99. The molecular formula is C20H26N6O4S2. The van der Waals surface area contributed by atoms with Crippen LogP contribution in [0, 0.1) is 11.3 Å². The summed E-state index contributed by atoms with van der Waals surface area (Å²) in [4.78, 5) is 12.9. The topological polar surface area (TPSA) is 135 Å². The Labute approximate surface area is 190 Å². The molecule has 0 spiro atoms. The molecule has 2 aromatic heterocycles. The zero-order valence-corrected chi connectivity index (χ0v) is 19.7. The number of hydrogen-bond acceptors (Lipinski definition) is 8. The lowest BCUT2D eigenvalue weighted by Gasteiger charge is -2.17. The highest BCUT2D eigenvalue weighted by Gasteiger charge is 2.32. The van der Waals surface area contributed by atoms with E-state index in [1.165, 1.54) is 18.0 Å². The number of hydrogen-bond donors (Lipinski definition) is 3. The third-order valence-electron chi connectivity index (χ3n) is 5.31. The number of imidazole rings is 1. The van der Waals surface area contributed by atoms with E-state index < -0.39 is 10.0 Å². The first-order chi connectivity index (χ1) is 15.3. The van der Waals surface area contributed by atoms with Crippen LogP contribution in [0.3, 0.4) is 0 Å². The molecular weight excluding hydrogens is 452 g/mol. The van der Waals surface area contributed by atoms with Crippen molar-refractivity contribution < 1.29 is 17.9 Å². The van der Waals surface area contributed by atoms with Crippen molar-refractivity contribution in [2.45, 2.75) is 41.9 Å². The third kappa shape index (κ3) is 5.25. The van der Waals surface area contributed by atoms with E-state index in [2.05, 4.69) is 19.7 Å². The van der Waals surface area contributed by atoms with Crippen LogP contribution in [0.4, 0.5) is 0 Å². The van der Waals surface area contributed by atoms with E-state index in [1.54, 1.807) is 20.5 Å². The van der Waals surface area contributed by atoms with Gasteiger partial charge in [-0.1, -0.05) is 0 Å². The van der Waals surface area contributed by atoms with Crippen LogP contribution in [-0.4, -0.2) is 54.5 Å². The Balaban J connectivity index is 1.60. The number of H-pyrrole nitrogens is 1. The number of sulfonamides is 1. The van der Waals surface area contributed by atoms with E-state index in [-0.39, 0.29) is 11.5 Å². The molecule has 0 aliphatic heterocycles. The van der Waals surface area contributed by atoms with Gasteiger partial charge in [-0.2, -0.15) is 0 Å². The minimum absolute atomic E-state index is 0.0983. The lowest BCUT2D eigenvalue weighted by Crippen LogP contribution is -2.36. The quantitative estimate of drug-likeness (QED) is 0.406. The summed E-state index contributed by atoms with van der Waals surface area (Å²) in [5, 5.41) is 8.76. The van der Waals surface area contributed by atoms with E-state index in [0.717, 1.165) is 17.7 Å². The molecule has 12 heteroatoms. The van der Waals surface area contributed by atoms with Crippen molar-refractivity contribution in [2.75, 3.05) is 20.5 Å². The minimum atomic E-state index is -3.28. The molecule has 3 N–H and O–H groups in total. The van der Waals surface area contributed by atoms with Gasteiger partial charge >= 0.3 is 0 Å². The monoisotopic (exact) mass is 478 g/mol. The molecule has 0 radical (unpaired) electrons. The fourth-order valence-electron chi connectivity index (χ4n) is 3.58. The number of aromatic nitrogens is 4. The van der Waals surface area contributed by atoms with Gasteiger partial charge in [0.25, 0.3) is 0 Å². The Bertz CT molecular complexity index is 1280. The van der Waals surface area contributed by atoms with Crippen LogP contribution in [-0.2, 0) is 16.6 Å². The second-order valence-corrected chi connectivity index (χ2v) is 10.6. The number of benzene rings is 1. The summed E-state index contributed by atoms with van der Waals surface area (Å²) in [6.07, 6.45) is 5.45. The van der Waals surface area contributed by atoms with Crippen LogP contribution >= 0.6 is 11.8 Å². The van der Waals surface area contributed by atoms with Gasteiger partial charge in [-0.3, -0.25) is 5.41 Å². The molecule has 172 valence electrons. The molecule has 4 rings (SSSR count). The molecule has 1 saturated carbocycles. The maximum atomic E-state index is 11.7. The smallest absolute Gasteiger partial charge is 0.208 e. The standard InChI is InChI=1S/C20H26N6O4S2/c1-29-13-6-7-15(30-2)16(10-13)31-20-23-17-18(21)22-11-26(19(17)24-20)9-8-14(12-4-5-12)25-32(3,27)28/h6-7,10-12,14,21,25H,4-5,8-9H2,1-3H3,(H,23,24). The van der Waals surface area contributed by atoms with Gasteiger partial charge in [0.05, 0.1) is 31.7 Å². The fourth-order valence-corrected chi connectivity index (χ4v) is 5.37. The SMILES string of the molecule is COc1ccc(OC)c(Sc2nc3c([nH]2)c(=N)ncn3CCC(NS(C)(=O)=O)C2CC2)c1. The van der Waals surface area contributed by atoms with Crippen LogP contribution < -0.4 is 19.7 Å². The number of nitrogens with one attached hydrogen (secondary N) is 3. The summed E-state index contributed by atoms with van der Waals surface area (Å²) in [6.45, 7) is 0.533. The van der Waals surface area contributed by atoms with Gasteiger partial charge in [0.1, 0.15) is 17.0 Å². The Kier molecular flexibility index (Phi) is 6.45. The maximum absolute atomic E-state index is 11.7. The lowest BCUT2D eigenvalue weighted by atomic mass is 10.1.